The largest absolute Gasteiger partial charge is 0.493 e. The van der Waals surface area contributed by atoms with Gasteiger partial charge in [-0.15, -0.1) is 0 Å². The molecule has 2 aromatic carbocycles. The van der Waals surface area contributed by atoms with Crippen molar-refractivity contribution in [2.45, 2.75) is 13.5 Å². The van der Waals surface area contributed by atoms with Crippen LogP contribution in [0.3, 0.4) is 0 Å². The number of para-hydroxylation sites is 2. The predicted molar refractivity (Wildman–Crippen MR) is 118 cm³/mol. The maximum Gasteiger partial charge on any atom is 0.267 e. The standard InChI is InChI=1S/C23H21N3O3S/c1-16-9-10-18-21(12-16)30-23(25-18)26(14-17-6-5-11-24-13-17)22(27)15-29-20-8-4-3-7-19(20)28-2/h3-13H,14-15H2,1-2H3. The minimum atomic E-state index is -0.194. The van der Waals surface area contributed by atoms with Crippen molar-refractivity contribution in [3.63, 3.8) is 0 Å². The number of benzene rings is 2. The van der Waals surface area contributed by atoms with Gasteiger partial charge < -0.3 is 9.47 Å². The SMILES string of the molecule is COc1ccccc1OCC(=O)N(Cc1cccnc1)c1nc2ccc(C)cc2s1. The van der Waals surface area contributed by atoms with E-state index in [1.807, 2.05) is 43.3 Å². The molecule has 4 rings (SSSR count). The van der Waals surface area contributed by atoms with Gasteiger partial charge >= 0.3 is 0 Å². The number of anilines is 1. The van der Waals surface area contributed by atoms with Crippen molar-refractivity contribution in [3.05, 3.63) is 78.1 Å². The Labute approximate surface area is 178 Å². The second-order valence-corrected chi connectivity index (χ2v) is 7.76. The number of pyridine rings is 1. The van der Waals surface area contributed by atoms with E-state index in [2.05, 4.69) is 16.0 Å². The summed E-state index contributed by atoms with van der Waals surface area (Å²) in [7, 11) is 1.57. The highest BCUT2D eigenvalue weighted by atomic mass is 32.1. The lowest BCUT2D eigenvalue weighted by Crippen LogP contribution is -2.34. The predicted octanol–water partition coefficient (Wildman–Crippen LogP) is 4.62. The quantitative estimate of drug-likeness (QED) is 0.437. The molecule has 0 aliphatic carbocycles. The topological polar surface area (TPSA) is 64.6 Å². The molecule has 2 heterocycles. The summed E-state index contributed by atoms with van der Waals surface area (Å²) in [5, 5.41) is 0.632. The van der Waals surface area contributed by atoms with Crippen LogP contribution in [0.15, 0.2) is 67.0 Å². The molecule has 0 spiro atoms. The zero-order chi connectivity index (χ0) is 20.9. The zero-order valence-electron chi connectivity index (χ0n) is 16.7. The molecule has 0 saturated heterocycles. The summed E-state index contributed by atoms with van der Waals surface area (Å²) in [6.45, 7) is 2.27. The number of hydrogen-bond acceptors (Lipinski definition) is 6. The first-order chi connectivity index (χ1) is 14.6. The van der Waals surface area contributed by atoms with Gasteiger partial charge in [0.2, 0.25) is 0 Å². The Bertz CT molecular complexity index is 1160. The summed E-state index contributed by atoms with van der Waals surface area (Å²) in [5.41, 5.74) is 2.94. The Kier molecular flexibility index (Phi) is 5.90. The fraction of sp³-hybridized carbons (Fsp3) is 0.174. The van der Waals surface area contributed by atoms with Gasteiger partial charge in [0.05, 0.1) is 23.9 Å². The second-order valence-electron chi connectivity index (χ2n) is 6.75. The van der Waals surface area contributed by atoms with E-state index in [1.54, 1.807) is 36.5 Å². The van der Waals surface area contributed by atoms with E-state index in [4.69, 9.17) is 9.47 Å². The summed E-state index contributed by atoms with van der Waals surface area (Å²) in [4.78, 5) is 23.7. The number of methoxy groups -OCH3 is 1. The molecular weight excluding hydrogens is 398 g/mol. The van der Waals surface area contributed by atoms with Crippen molar-refractivity contribution >= 4 is 32.6 Å². The van der Waals surface area contributed by atoms with Crippen molar-refractivity contribution in [2.75, 3.05) is 18.6 Å². The van der Waals surface area contributed by atoms with Crippen molar-refractivity contribution in [2.24, 2.45) is 0 Å². The third-order valence-electron chi connectivity index (χ3n) is 4.55. The number of carbonyl (C=O) groups excluding carboxylic acids is 1. The summed E-state index contributed by atoms with van der Waals surface area (Å²) < 4.78 is 12.1. The molecule has 0 atom stereocenters. The van der Waals surface area contributed by atoms with Gasteiger partial charge in [0, 0.05) is 12.4 Å². The van der Waals surface area contributed by atoms with Crippen LogP contribution in [0.5, 0.6) is 11.5 Å². The Morgan fingerprint density at radius 1 is 1.10 bits per heavy atom. The molecule has 0 saturated carbocycles. The van der Waals surface area contributed by atoms with E-state index in [9.17, 15) is 4.79 Å². The van der Waals surface area contributed by atoms with Crippen LogP contribution < -0.4 is 14.4 Å². The minimum absolute atomic E-state index is 0.129. The second kappa shape index (κ2) is 8.92. The molecule has 2 aromatic heterocycles. The molecule has 0 bridgehead atoms. The first kappa shape index (κ1) is 19.8. The molecule has 4 aromatic rings. The van der Waals surface area contributed by atoms with Crippen LogP contribution in [0.25, 0.3) is 10.2 Å². The monoisotopic (exact) mass is 419 g/mol. The maximum atomic E-state index is 13.2. The molecule has 0 N–H and O–H groups in total. The van der Waals surface area contributed by atoms with Gasteiger partial charge in [-0.25, -0.2) is 4.98 Å². The molecule has 6 nitrogen and oxygen atoms in total. The van der Waals surface area contributed by atoms with Crippen LogP contribution in [-0.4, -0.2) is 29.6 Å². The van der Waals surface area contributed by atoms with Crippen molar-refractivity contribution < 1.29 is 14.3 Å². The first-order valence-electron chi connectivity index (χ1n) is 9.46. The fourth-order valence-corrected chi connectivity index (χ4v) is 4.11. The van der Waals surface area contributed by atoms with Crippen molar-refractivity contribution in [1.29, 1.82) is 0 Å². The third-order valence-corrected chi connectivity index (χ3v) is 5.59. The van der Waals surface area contributed by atoms with Crippen LogP contribution in [-0.2, 0) is 11.3 Å². The number of aryl methyl sites for hydroxylation is 1. The highest BCUT2D eigenvalue weighted by Crippen LogP contribution is 2.31. The smallest absolute Gasteiger partial charge is 0.267 e. The lowest BCUT2D eigenvalue weighted by atomic mass is 10.2. The van der Waals surface area contributed by atoms with Gasteiger partial charge in [-0.05, 0) is 48.4 Å². The average molecular weight is 420 g/mol. The number of amides is 1. The van der Waals surface area contributed by atoms with Crippen LogP contribution in [0.2, 0.25) is 0 Å². The molecule has 0 radical (unpaired) electrons. The summed E-state index contributed by atoms with van der Waals surface area (Å²) in [6.07, 6.45) is 3.46. The van der Waals surface area contributed by atoms with Gasteiger partial charge in [0.25, 0.3) is 5.91 Å². The van der Waals surface area contributed by atoms with Crippen LogP contribution in [0, 0.1) is 6.92 Å². The lowest BCUT2D eigenvalue weighted by Gasteiger charge is -2.20. The Morgan fingerprint density at radius 2 is 1.93 bits per heavy atom. The highest BCUT2D eigenvalue weighted by molar-refractivity contribution is 7.22. The molecule has 7 heteroatoms. The van der Waals surface area contributed by atoms with Gasteiger partial charge in [-0.1, -0.05) is 35.6 Å². The van der Waals surface area contributed by atoms with Crippen molar-refractivity contribution in [3.8, 4) is 11.5 Å². The minimum Gasteiger partial charge on any atom is -0.493 e. The first-order valence-corrected chi connectivity index (χ1v) is 10.3. The van der Waals surface area contributed by atoms with E-state index in [-0.39, 0.29) is 12.5 Å². The van der Waals surface area contributed by atoms with Crippen molar-refractivity contribution in [1.82, 2.24) is 9.97 Å². The normalized spacial score (nSPS) is 10.7. The molecule has 152 valence electrons. The Balaban J connectivity index is 1.61. The van der Waals surface area contributed by atoms with E-state index >= 15 is 0 Å². The van der Waals surface area contributed by atoms with Gasteiger partial charge in [0.1, 0.15) is 0 Å². The number of aromatic nitrogens is 2. The zero-order valence-corrected chi connectivity index (χ0v) is 17.6. The number of fused-ring (bicyclic) bond motifs is 1. The average Bonchev–Trinajstić information content (AvgIpc) is 3.19. The van der Waals surface area contributed by atoms with Gasteiger partial charge in [0.15, 0.2) is 23.2 Å². The molecule has 0 unspecified atom stereocenters. The number of hydrogen-bond donors (Lipinski definition) is 0. The molecule has 0 aliphatic rings. The van der Waals surface area contributed by atoms with E-state index in [0.717, 1.165) is 21.3 Å². The lowest BCUT2D eigenvalue weighted by molar-refractivity contribution is -0.120. The van der Waals surface area contributed by atoms with E-state index in [0.29, 0.717) is 23.2 Å². The molecule has 0 fully saturated rings. The molecular formula is C23H21N3O3S. The van der Waals surface area contributed by atoms with Crippen LogP contribution >= 0.6 is 11.3 Å². The van der Waals surface area contributed by atoms with Gasteiger partial charge in [-0.2, -0.15) is 0 Å². The Morgan fingerprint density at radius 3 is 2.70 bits per heavy atom. The third kappa shape index (κ3) is 4.41. The summed E-state index contributed by atoms with van der Waals surface area (Å²) in [6, 6.07) is 17.1. The summed E-state index contributed by atoms with van der Waals surface area (Å²) >= 11 is 1.49. The van der Waals surface area contributed by atoms with Crippen LogP contribution in [0.4, 0.5) is 5.13 Å². The van der Waals surface area contributed by atoms with E-state index < -0.39 is 0 Å². The number of thiazole rings is 1. The summed E-state index contributed by atoms with van der Waals surface area (Å²) in [5.74, 6) is 0.912. The number of carbonyl (C=O) groups is 1. The Hall–Kier alpha value is -3.45. The number of ether oxygens (including phenoxy) is 2. The maximum absolute atomic E-state index is 13.2. The number of nitrogens with zero attached hydrogens (tertiary/aromatic N) is 3. The number of rotatable bonds is 7. The highest BCUT2D eigenvalue weighted by Gasteiger charge is 2.21. The molecule has 1 amide bonds. The molecule has 0 aliphatic heterocycles. The van der Waals surface area contributed by atoms with Crippen LogP contribution in [0.1, 0.15) is 11.1 Å². The van der Waals surface area contributed by atoms with E-state index in [1.165, 1.54) is 11.3 Å². The van der Waals surface area contributed by atoms with Gasteiger partial charge in [-0.3, -0.25) is 14.7 Å². The fourth-order valence-electron chi connectivity index (χ4n) is 3.03. The molecule has 30 heavy (non-hydrogen) atoms.